The van der Waals surface area contributed by atoms with Crippen LogP contribution in [0.4, 0.5) is 4.39 Å². The minimum absolute atomic E-state index is 1.37. The SMILES string of the molecule is C=C(F)C(O)C(=O)C(=O)O. The van der Waals surface area contributed by atoms with Crippen molar-refractivity contribution >= 4 is 11.8 Å². The Balaban J connectivity index is 4.22. The largest absolute Gasteiger partial charge is 0.475 e. The normalized spacial score (nSPS) is 12.2. The molecule has 0 saturated carbocycles. The second kappa shape index (κ2) is 3.07. The first-order chi connectivity index (χ1) is 4.46. The number of aliphatic hydroxyl groups excluding tert-OH is 1. The van der Waals surface area contributed by atoms with E-state index in [2.05, 4.69) is 6.58 Å². The van der Waals surface area contributed by atoms with Crippen LogP contribution in [0.25, 0.3) is 0 Å². The predicted octanol–water partition coefficient (Wildman–Crippen LogP) is -0.516. The van der Waals surface area contributed by atoms with Gasteiger partial charge in [0.15, 0.2) is 6.10 Å². The lowest BCUT2D eigenvalue weighted by atomic mass is 10.2. The third-order valence-electron chi connectivity index (χ3n) is 0.756. The Morgan fingerprint density at radius 3 is 2.00 bits per heavy atom. The minimum Gasteiger partial charge on any atom is -0.475 e. The average molecular weight is 148 g/mol. The van der Waals surface area contributed by atoms with Crippen LogP contribution in [0.3, 0.4) is 0 Å². The number of carbonyl (C=O) groups is 2. The van der Waals surface area contributed by atoms with Crippen molar-refractivity contribution in [3.63, 3.8) is 0 Å². The van der Waals surface area contributed by atoms with Gasteiger partial charge < -0.3 is 10.2 Å². The van der Waals surface area contributed by atoms with Crippen LogP contribution in [0.5, 0.6) is 0 Å². The molecule has 0 aliphatic heterocycles. The average Bonchev–Trinajstić information content (AvgIpc) is 1.84. The highest BCUT2D eigenvalue weighted by atomic mass is 19.1. The number of carboxylic acid groups (broad SMARTS) is 1. The fourth-order valence-electron chi connectivity index (χ4n) is 0.259. The Kier molecular flexibility index (Phi) is 2.69. The molecule has 4 nitrogen and oxygen atoms in total. The monoisotopic (exact) mass is 148 g/mol. The number of aliphatic hydroxyl groups is 1. The van der Waals surface area contributed by atoms with Crippen molar-refractivity contribution in [2.45, 2.75) is 6.10 Å². The number of rotatable bonds is 3. The highest BCUT2D eigenvalue weighted by Gasteiger charge is 2.24. The van der Waals surface area contributed by atoms with E-state index in [1.807, 2.05) is 0 Å². The van der Waals surface area contributed by atoms with Crippen molar-refractivity contribution < 1.29 is 24.2 Å². The highest BCUT2D eigenvalue weighted by Crippen LogP contribution is 2.00. The molecule has 0 rings (SSSR count). The van der Waals surface area contributed by atoms with E-state index < -0.39 is 23.7 Å². The number of hydrogen-bond donors (Lipinski definition) is 2. The molecule has 2 N–H and O–H groups in total. The zero-order chi connectivity index (χ0) is 8.31. The summed E-state index contributed by atoms with van der Waals surface area (Å²) in [6.45, 7) is 2.56. The molecule has 0 aliphatic carbocycles. The van der Waals surface area contributed by atoms with Crippen molar-refractivity contribution in [2.24, 2.45) is 0 Å². The Morgan fingerprint density at radius 1 is 1.50 bits per heavy atom. The fourth-order valence-corrected chi connectivity index (χ4v) is 0.259. The Hall–Kier alpha value is -1.23. The van der Waals surface area contributed by atoms with Crippen LogP contribution in [0.2, 0.25) is 0 Å². The Bertz CT molecular complexity index is 186. The van der Waals surface area contributed by atoms with E-state index in [1.165, 1.54) is 0 Å². The molecule has 0 aromatic carbocycles. The number of halogens is 1. The summed E-state index contributed by atoms with van der Waals surface area (Å²) < 4.78 is 11.8. The van der Waals surface area contributed by atoms with E-state index in [4.69, 9.17) is 10.2 Å². The van der Waals surface area contributed by atoms with Crippen LogP contribution in [0.15, 0.2) is 12.4 Å². The van der Waals surface area contributed by atoms with E-state index >= 15 is 0 Å². The molecule has 1 unspecified atom stereocenters. The first-order valence-corrected chi connectivity index (χ1v) is 2.26. The highest BCUT2D eigenvalue weighted by molar-refractivity contribution is 6.35. The van der Waals surface area contributed by atoms with Crippen LogP contribution in [-0.2, 0) is 9.59 Å². The third kappa shape index (κ3) is 1.94. The van der Waals surface area contributed by atoms with Crippen molar-refractivity contribution in [1.29, 1.82) is 0 Å². The van der Waals surface area contributed by atoms with Crippen LogP contribution < -0.4 is 0 Å². The van der Waals surface area contributed by atoms with Gasteiger partial charge in [-0.3, -0.25) is 4.79 Å². The number of Topliss-reactive ketones (excluding diaryl/α,β-unsaturated/α-hetero) is 1. The first-order valence-electron chi connectivity index (χ1n) is 2.26. The lowest BCUT2D eigenvalue weighted by molar-refractivity contribution is -0.152. The number of carbonyl (C=O) groups excluding carboxylic acids is 1. The van der Waals surface area contributed by atoms with Crippen molar-refractivity contribution in [3.8, 4) is 0 Å². The maximum Gasteiger partial charge on any atom is 0.375 e. The molecule has 0 aliphatic rings. The third-order valence-corrected chi connectivity index (χ3v) is 0.756. The molecule has 0 heterocycles. The molecule has 0 saturated heterocycles. The van der Waals surface area contributed by atoms with Gasteiger partial charge >= 0.3 is 5.97 Å². The number of hydrogen-bond acceptors (Lipinski definition) is 3. The summed E-state index contributed by atoms with van der Waals surface area (Å²) in [5.41, 5.74) is 0. The number of aliphatic carboxylic acids is 1. The summed E-state index contributed by atoms with van der Waals surface area (Å²) in [4.78, 5) is 19.9. The van der Waals surface area contributed by atoms with E-state index in [1.54, 1.807) is 0 Å². The molecule has 0 aromatic rings. The van der Waals surface area contributed by atoms with Gasteiger partial charge in [0.25, 0.3) is 5.78 Å². The van der Waals surface area contributed by atoms with Gasteiger partial charge in [-0.15, -0.1) is 0 Å². The Morgan fingerprint density at radius 2 is 1.90 bits per heavy atom. The lowest BCUT2D eigenvalue weighted by Gasteiger charge is -1.99. The quantitative estimate of drug-likeness (QED) is 0.528. The van der Waals surface area contributed by atoms with Gasteiger partial charge in [0.05, 0.1) is 0 Å². The van der Waals surface area contributed by atoms with Crippen LogP contribution in [0.1, 0.15) is 0 Å². The van der Waals surface area contributed by atoms with E-state index in [-0.39, 0.29) is 0 Å². The van der Waals surface area contributed by atoms with Crippen molar-refractivity contribution in [2.75, 3.05) is 0 Å². The predicted molar refractivity (Wildman–Crippen MR) is 28.9 cm³/mol. The van der Waals surface area contributed by atoms with Gasteiger partial charge in [0, 0.05) is 0 Å². The van der Waals surface area contributed by atoms with E-state index in [9.17, 15) is 14.0 Å². The summed E-state index contributed by atoms with van der Waals surface area (Å²) >= 11 is 0. The van der Waals surface area contributed by atoms with Crippen LogP contribution >= 0.6 is 0 Å². The smallest absolute Gasteiger partial charge is 0.375 e. The maximum absolute atomic E-state index is 11.8. The minimum atomic E-state index is -2.24. The summed E-state index contributed by atoms with van der Waals surface area (Å²) in [5.74, 6) is -4.87. The zero-order valence-electron chi connectivity index (χ0n) is 4.87. The number of carboxylic acids is 1. The van der Waals surface area contributed by atoms with E-state index in [0.717, 1.165) is 0 Å². The molecule has 56 valence electrons. The number of ketones is 1. The van der Waals surface area contributed by atoms with E-state index in [0.29, 0.717) is 0 Å². The standard InChI is InChI=1S/C5H5FO4/c1-2(6)3(7)4(8)5(9)10/h3,7H,1H2,(H,9,10). The molecule has 0 spiro atoms. The molecule has 0 amide bonds. The van der Waals surface area contributed by atoms with Crippen molar-refractivity contribution in [1.82, 2.24) is 0 Å². The van der Waals surface area contributed by atoms with Crippen LogP contribution in [-0.4, -0.2) is 28.1 Å². The molecule has 5 heteroatoms. The lowest BCUT2D eigenvalue weighted by Crippen LogP contribution is -2.28. The Labute approximate surface area is 55.6 Å². The fraction of sp³-hybridized carbons (Fsp3) is 0.200. The van der Waals surface area contributed by atoms with Crippen LogP contribution in [0, 0.1) is 0 Å². The van der Waals surface area contributed by atoms with Gasteiger partial charge in [-0.2, -0.15) is 0 Å². The van der Waals surface area contributed by atoms with Crippen molar-refractivity contribution in [3.05, 3.63) is 12.4 Å². The molecular weight excluding hydrogens is 143 g/mol. The summed E-state index contributed by atoms with van der Waals surface area (Å²) in [6.07, 6.45) is -2.24. The first kappa shape index (κ1) is 8.77. The molecule has 0 radical (unpaired) electrons. The summed E-state index contributed by atoms with van der Waals surface area (Å²) in [7, 11) is 0. The topological polar surface area (TPSA) is 74.6 Å². The molecule has 0 aromatic heterocycles. The zero-order valence-corrected chi connectivity index (χ0v) is 4.87. The summed E-state index contributed by atoms with van der Waals surface area (Å²) in [5, 5.41) is 16.2. The van der Waals surface area contributed by atoms with Gasteiger partial charge in [0.1, 0.15) is 5.83 Å². The second-order valence-corrected chi connectivity index (χ2v) is 1.52. The summed E-state index contributed by atoms with van der Waals surface area (Å²) in [6, 6.07) is 0. The molecule has 0 fully saturated rings. The molecular formula is C5H5FO4. The van der Waals surface area contributed by atoms with Gasteiger partial charge in [-0.25, -0.2) is 9.18 Å². The van der Waals surface area contributed by atoms with Gasteiger partial charge in [-0.1, -0.05) is 6.58 Å². The molecule has 0 bridgehead atoms. The molecule has 10 heavy (non-hydrogen) atoms. The van der Waals surface area contributed by atoms with Gasteiger partial charge in [-0.05, 0) is 0 Å². The van der Waals surface area contributed by atoms with Gasteiger partial charge in [0.2, 0.25) is 0 Å². The second-order valence-electron chi connectivity index (χ2n) is 1.52. The molecule has 1 atom stereocenters. The maximum atomic E-state index is 11.8.